The van der Waals surface area contributed by atoms with Crippen LogP contribution in [0, 0.1) is 12.3 Å². The van der Waals surface area contributed by atoms with Gasteiger partial charge >= 0.3 is 12.0 Å². The van der Waals surface area contributed by atoms with Gasteiger partial charge in [-0.3, -0.25) is 0 Å². The molecule has 6 nitrogen and oxygen atoms in total. The lowest BCUT2D eigenvalue weighted by Gasteiger charge is -2.18. The summed E-state index contributed by atoms with van der Waals surface area (Å²) in [5, 5.41) is 11.4. The van der Waals surface area contributed by atoms with Crippen molar-refractivity contribution >= 4 is 17.7 Å². The van der Waals surface area contributed by atoms with Gasteiger partial charge in [0.05, 0.1) is 12.2 Å². The first-order valence-corrected chi connectivity index (χ1v) is 5.27. The van der Waals surface area contributed by atoms with Crippen molar-refractivity contribution in [3.05, 3.63) is 24.0 Å². The molecule has 0 aliphatic carbocycles. The molecule has 18 heavy (non-hydrogen) atoms. The Morgan fingerprint density at radius 3 is 2.89 bits per heavy atom. The van der Waals surface area contributed by atoms with Gasteiger partial charge in [-0.15, -0.1) is 6.42 Å². The molecule has 1 aromatic heterocycles. The molecule has 0 spiro atoms. The van der Waals surface area contributed by atoms with Crippen LogP contribution in [0.4, 0.5) is 10.5 Å². The maximum atomic E-state index is 11.8. The van der Waals surface area contributed by atoms with E-state index in [9.17, 15) is 9.59 Å². The van der Waals surface area contributed by atoms with E-state index in [4.69, 9.17) is 11.5 Å². The number of hydrogen-bond donors (Lipinski definition) is 2. The fraction of sp³-hybridized carbons (Fsp3) is 0.250. The van der Waals surface area contributed by atoms with Crippen LogP contribution in [-0.4, -0.2) is 40.1 Å². The summed E-state index contributed by atoms with van der Waals surface area (Å²) in [5.41, 5.74) is -0.0620. The van der Waals surface area contributed by atoms with Crippen LogP contribution in [0.25, 0.3) is 0 Å². The van der Waals surface area contributed by atoms with Crippen molar-refractivity contribution in [2.45, 2.75) is 6.92 Å². The zero-order valence-corrected chi connectivity index (χ0v) is 9.88. The number of urea groups is 1. The van der Waals surface area contributed by atoms with Crippen molar-refractivity contribution < 1.29 is 14.7 Å². The number of rotatable bonds is 4. The van der Waals surface area contributed by atoms with E-state index in [0.717, 1.165) is 0 Å². The molecule has 0 unspecified atom stereocenters. The lowest BCUT2D eigenvalue weighted by atomic mass is 10.3. The van der Waals surface area contributed by atoms with E-state index in [2.05, 4.69) is 16.2 Å². The highest BCUT2D eigenvalue weighted by Crippen LogP contribution is 2.12. The molecule has 94 valence electrons. The number of amides is 2. The van der Waals surface area contributed by atoms with Gasteiger partial charge < -0.3 is 15.3 Å². The third-order valence-corrected chi connectivity index (χ3v) is 2.20. The van der Waals surface area contributed by atoms with Gasteiger partial charge in [0.1, 0.15) is 0 Å². The molecule has 0 bridgehead atoms. The Labute approximate surface area is 105 Å². The van der Waals surface area contributed by atoms with Gasteiger partial charge in [-0.25, -0.2) is 14.6 Å². The summed E-state index contributed by atoms with van der Waals surface area (Å²) in [6.07, 6.45) is 6.48. The quantitative estimate of drug-likeness (QED) is 0.785. The normalized spacial score (nSPS) is 9.33. The monoisotopic (exact) mass is 247 g/mol. The summed E-state index contributed by atoms with van der Waals surface area (Å²) < 4.78 is 0. The van der Waals surface area contributed by atoms with Crippen LogP contribution >= 0.6 is 0 Å². The first-order chi connectivity index (χ1) is 8.60. The summed E-state index contributed by atoms with van der Waals surface area (Å²) >= 11 is 0. The molecule has 6 heteroatoms. The Morgan fingerprint density at radius 1 is 1.61 bits per heavy atom. The standard InChI is InChI=1S/C12H13N3O3/c1-3-8-15(4-2)12(18)14-9-6-5-7-13-10(9)11(16)17/h1,5-7H,4,8H2,2H3,(H,14,18)(H,16,17). The number of aromatic nitrogens is 1. The lowest BCUT2D eigenvalue weighted by Crippen LogP contribution is -2.35. The van der Waals surface area contributed by atoms with E-state index >= 15 is 0 Å². The molecular weight excluding hydrogens is 234 g/mol. The molecule has 0 radical (unpaired) electrons. The molecule has 1 heterocycles. The van der Waals surface area contributed by atoms with Crippen molar-refractivity contribution in [1.82, 2.24) is 9.88 Å². The highest BCUT2D eigenvalue weighted by atomic mass is 16.4. The minimum atomic E-state index is -1.20. The van der Waals surface area contributed by atoms with Crippen LogP contribution in [0.5, 0.6) is 0 Å². The number of carbonyl (C=O) groups is 2. The molecule has 2 N–H and O–H groups in total. The molecule has 0 aliphatic rings. The first-order valence-electron chi connectivity index (χ1n) is 5.27. The second kappa shape index (κ2) is 6.25. The Bertz CT molecular complexity index is 494. The van der Waals surface area contributed by atoms with Gasteiger partial charge in [0.2, 0.25) is 0 Å². The number of aromatic carboxylic acids is 1. The summed E-state index contributed by atoms with van der Waals surface area (Å²) in [6.45, 7) is 2.36. The zero-order valence-electron chi connectivity index (χ0n) is 9.88. The molecule has 2 amide bonds. The second-order valence-corrected chi connectivity index (χ2v) is 3.35. The highest BCUT2D eigenvalue weighted by molar-refractivity contribution is 5.98. The Kier molecular flexibility index (Phi) is 4.69. The maximum absolute atomic E-state index is 11.8. The van der Waals surface area contributed by atoms with Gasteiger partial charge in [0, 0.05) is 12.7 Å². The topological polar surface area (TPSA) is 82.5 Å². The molecule has 1 rings (SSSR count). The third kappa shape index (κ3) is 3.22. The summed E-state index contributed by atoms with van der Waals surface area (Å²) in [6, 6.07) is 2.56. The van der Waals surface area contributed by atoms with E-state index in [1.807, 2.05) is 0 Å². The smallest absolute Gasteiger partial charge is 0.356 e. The lowest BCUT2D eigenvalue weighted by molar-refractivity contribution is 0.0691. The largest absolute Gasteiger partial charge is 0.476 e. The fourth-order valence-corrected chi connectivity index (χ4v) is 1.31. The Balaban J connectivity index is 2.88. The number of hydrogen-bond acceptors (Lipinski definition) is 3. The number of terminal acetylenes is 1. The molecule has 1 aromatic rings. The third-order valence-electron chi connectivity index (χ3n) is 2.20. The SMILES string of the molecule is C#CCN(CC)C(=O)Nc1cccnc1C(=O)O. The number of nitrogens with zero attached hydrogens (tertiary/aromatic N) is 2. The highest BCUT2D eigenvalue weighted by Gasteiger charge is 2.16. The van der Waals surface area contributed by atoms with Crippen molar-refractivity contribution in [1.29, 1.82) is 0 Å². The van der Waals surface area contributed by atoms with Crippen LogP contribution in [0.1, 0.15) is 17.4 Å². The van der Waals surface area contributed by atoms with Crippen LogP contribution < -0.4 is 5.32 Å². The predicted octanol–water partition coefficient (Wildman–Crippen LogP) is 1.27. The Morgan fingerprint density at radius 2 is 2.33 bits per heavy atom. The van der Waals surface area contributed by atoms with E-state index < -0.39 is 12.0 Å². The first kappa shape index (κ1) is 13.5. The number of carboxylic acid groups (broad SMARTS) is 1. The molecule has 0 fully saturated rings. The molecule has 0 saturated carbocycles. The second-order valence-electron chi connectivity index (χ2n) is 3.35. The summed E-state index contributed by atoms with van der Waals surface area (Å²) in [4.78, 5) is 27.8. The molecule has 0 atom stereocenters. The summed E-state index contributed by atoms with van der Waals surface area (Å²) in [5.74, 6) is 1.15. The van der Waals surface area contributed by atoms with E-state index in [0.29, 0.717) is 6.54 Å². The van der Waals surface area contributed by atoms with Crippen LogP contribution in [-0.2, 0) is 0 Å². The van der Waals surface area contributed by atoms with Gasteiger partial charge in [-0.1, -0.05) is 5.92 Å². The van der Waals surface area contributed by atoms with Crippen LogP contribution in [0.15, 0.2) is 18.3 Å². The molecule has 0 aliphatic heterocycles. The van der Waals surface area contributed by atoms with Crippen molar-refractivity contribution in [3.8, 4) is 12.3 Å². The van der Waals surface area contributed by atoms with Crippen molar-refractivity contribution in [2.24, 2.45) is 0 Å². The van der Waals surface area contributed by atoms with Crippen molar-refractivity contribution in [2.75, 3.05) is 18.4 Å². The van der Waals surface area contributed by atoms with E-state index in [1.54, 1.807) is 13.0 Å². The number of nitrogens with one attached hydrogen (secondary N) is 1. The van der Waals surface area contributed by atoms with Gasteiger partial charge in [-0.05, 0) is 19.1 Å². The molecular formula is C12H13N3O3. The van der Waals surface area contributed by atoms with E-state index in [1.165, 1.54) is 17.2 Å². The van der Waals surface area contributed by atoms with Crippen LogP contribution in [0.2, 0.25) is 0 Å². The fourth-order valence-electron chi connectivity index (χ4n) is 1.31. The average Bonchev–Trinajstić information content (AvgIpc) is 2.36. The van der Waals surface area contributed by atoms with Crippen LogP contribution in [0.3, 0.4) is 0 Å². The Hall–Kier alpha value is -2.55. The number of carboxylic acids is 1. The number of pyridine rings is 1. The molecule has 0 aromatic carbocycles. The molecule has 0 saturated heterocycles. The minimum absolute atomic E-state index is 0.144. The minimum Gasteiger partial charge on any atom is -0.476 e. The zero-order chi connectivity index (χ0) is 13.5. The summed E-state index contributed by atoms with van der Waals surface area (Å²) in [7, 11) is 0. The number of carbonyl (C=O) groups excluding carboxylic acids is 1. The van der Waals surface area contributed by atoms with E-state index in [-0.39, 0.29) is 17.9 Å². The van der Waals surface area contributed by atoms with Crippen molar-refractivity contribution in [3.63, 3.8) is 0 Å². The number of anilines is 1. The average molecular weight is 247 g/mol. The predicted molar refractivity (Wildman–Crippen MR) is 66.3 cm³/mol. The maximum Gasteiger partial charge on any atom is 0.356 e. The van der Waals surface area contributed by atoms with Gasteiger partial charge in [0.25, 0.3) is 0 Å². The van der Waals surface area contributed by atoms with Gasteiger partial charge in [0.15, 0.2) is 5.69 Å². The van der Waals surface area contributed by atoms with Gasteiger partial charge in [-0.2, -0.15) is 0 Å².